The number of rotatable bonds is 8. The maximum absolute atomic E-state index is 11.6. The highest BCUT2D eigenvalue weighted by atomic mass is 16.5. The smallest absolute Gasteiger partial charge is 0.336 e. The molecule has 132 valence electrons. The number of carbonyl (C=O) groups is 1. The zero-order valence-corrected chi connectivity index (χ0v) is 14.7. The first-order valence-corrected chi connectivity index (χ1v) is 7.96. The molecule has 2 rings (SSSR count). The summed E-state index contributed by atoms with van der Waals surface area (Å²) in [5.74, 6) is 0.476. The fourth-order valence-electron chi connectivity index (χ4n) is 2.21. The topological polar surface area (TPSA) is 59.0 Å². The number of benzene rings is 2. The Bertz CT molecular complexity index is 718. The Labute approximate surface area is 148 Å². The van der Waals surface area contributed by atoms with Crippen molar-refractivity contribution in [3.63, 3.8) is 0 Å². The second-order valence-corrected chi connectivity index (χ2v) is 5.81. The lowest BCUT2D eigenvalue weighted by Gasteiger charge is -2.11. The van der Waals surface area contributed by atoms with Gasteiger partial charge in [0.1, 0.15) is 18.1 Å². The molecule has 0 aliphatic heterocycles. The SMILES string of the molecule is COc1ccc(/C(=C/c2ccc(OCCN(C)C)cc2)C(=O)O)cc1. The van der Waals surface area contributed by atoms with Gasteiger partial charge in [0.05, 0.1) is 12.7 Å². The maximum Gasteiger partial charge on any atom is 0.336 e. The van der Waals surface area contributed by atoms with Crippen LogP contribution in [-0.4, -0.2) is 50.3 Å². The van der Waals surface area contributed by atoms with E-state index in [4.69, 9.17) is 9.47 Å². The van der Waals surface area contributed by atoms with Gasteiger partial charge >= 0.3 is 5.97 Å². The van der Waals surface area contributed by atoms with Crippen LogP contribution in [0.15, 0.2) is 48.5 Å². The average molecular weight is 341 g/mol. The fraction of sp³-hybridized carbons (Fsp3) is 0.250. The Morgan fingerprint density at radius 3 is 2.16 bits per heavy atom. The van der Waals surface area contributed by atoms with Gasteiger partial charge in [-0.15, -0.1) is 0 Å². The lowest BCUT2D eigenvalue weighted by atomic mass is 10.0. The van der Waals surface area contributed by atoms with Crippen molar-refractivity contribution in [1.29, 1.82) is 0 Å². The normalized spacial score (nSPS) is 11.4. The van der Waals surface area contributed by atoms with Gasteiger partial charge in [-0.25, -0.2) is 4.79 Å². The molecule has 0 aliphatic carbocycles. The van der Waals surface area contributed by atoms with Crippen LogP contribution in [-0.2, 0) is 4.79 Å². The van der Waals surface area contributed by atoms with E-state index >= 15 is 0 Å². The highest BCUT2D eigenvalue weighted by Crippen LogP contribution is 2.22. The largest absolute Gasteiger partial charge is 0.497 e. The summed E-state index contributed by atoms with van der Waals surface area (Å²) in [6.07, 6.45) is 1.65. The van der Waals surface area contributed by atoms with Crippen molar-refractivity contribution in [2.45, 2.75) is 0 Å². The van der Waals surface area contributed by atoms with Crippen molar-refractivity contribution in [3.8, 4) is 11.5 Å². The molecule has 2 aromatic rings. The molecule has 5 heteroatoms. The van der Waals surface area contributed by atoms with Crippen molar-refractivity contribution in [1.82, 2.24) is 4.90 Å². The minimum absolute atomic E-state index is 0.226. The molecule has 0 atom stereocenters. The predicted octanol–water partition coefficient (Wildman–Crippen LogP) is 3.26. The monoisotopic (exact) mass is 341 g/mol. The first kappa shape index (κ1) is 18.5. The number of hydrogen-bond donors (Lipinski definition) is 1. The van der Waals surface area contributed by atoms with Gasteiger partial charge in [0.25, 0.3) is 0 Å². The molecule has 1 N–H and O–H groups in total. The standard InChI is InChI=1S/C20H23NO4/c1-21(2)12-13-25-18-8-4-15(5-9-18)14-19(20(22)23)16-6-10-17(24-3)11-7-16/h4-11,14H,12-13H2,1-3H3,(H,22,23)/b19-14-. The highest BCUT2D eigenvalue weighted by Gasteiger charge is 2.10. The minimum Gasteiger partial charge on any atom is -0.497 e. The van der Waals surface area contributed by atoms with Gasteiger partial charge in [0.2, 0.25) is 0 Å². The van der Waals surface area contributed by atoms with Crippen molar-refractivity contribution in [3.05, 3.63) is 59.7 Å². The molecule has 0 radical (unpaired) electrons. The van der Waals surface area contributed by atoms with Crippen LogP contribution >= 0.6 is 0 Å². The average Bonchev–Trinajstić information content (AvgIpc) is 2.60. The van der Waals surface area contributed by atoms with Crippen LogP contribution in [0, 0.1) is 0 Å². The molecule has 0 spiro atoms. The maximum atomic E-state index is 11.6. The number of carboxylic acid groups (broad SMARTS) is 1. The van der Waals surface area contributed by atoms with Gasteiger partial charge in [-0.3, -0.25) is 0 Å². The molecule has 0 amide bonds. The first-order valence-electron chi connectivity index (χ1n) is 7.96. The summed E-state index contributed by atoms with van der Waals surface area (Å²) < 4.78 is 10.7. The molecular weight excluding hydrogens is 318 g/mol. The molecule has 0 unspecified atom stereocenters. The second kappa shape index (κ2) is 8.89. The summed E-state index contributed by atoms with van der Waals surface area (Å²) in [4.78, 5) is 13.6. The molecule has 2 aromatic carbocycles. The lowest BCUT2D eigenvalue weighted by Crippen LogP contribution is -2.19. The Balaban J connectivity index is 2.15. The third-order valence-corrected chi connectivity index (χ3v) is 3.63. The third kappa shape index (κ3) is 5.65. The zero-order valence-electron chi connectivity index (χ0n) is 14.7. The van der Waals surface area contributed by atoms with Crippen molar-refractivity contribution in [2.75, 3.05) is 34.4 Å². The molecule has 0 fully saturated rings. The minimum atomic E-state index is -0.975. The molecule has 0 aliphatic rings. The van der Waals surface area contributed by atoms with Crippen molar-refractivity contribution in [2.24, 2.45) is 0 Å². The Morgan fingerprint density at radius 1 is 1.04 bits per heavy atom. The van der Waals surface area contributed by atoms with E-state index in [1.807, 2.05) is 43.3 Å². The highest BCUT2D eigenvalue weighted by molar-refractivity contribution is 6.20. The molecule has 0 bridgehead atoms. The van der Waals surface area contributed by atoms with Gasteiger partial charge in [-0.2, -0.15) is 0 Å². The van der Waals surface area contributed by atoms with Crippen molar-refractivity contribution < 1.29 is 19.4 Å². The quantitative estimate of drug-likeness (QED) is 0.590. The van der Waals surface area contributed by atoms with Crippen LogP contribution in [0.3, 0.4) is 0 Å². The van der Waals surface area contributed by atoms with Crippen LogP contribution in [0.4, 0.5) is 0 Å². The summed E-state index contributed by atoms with van der Waals surface area (Å²) in [5.41, 5.74) is 1.65. The van der Waals surface area contributed by atoms with Crippen LogP contribution in [0.1, 0.15) is 11.1 Å². The van der Waals surface area contributed by atoms with Gasteiger partial charge in [-0.1, -0.05) is 24.3 Å². The number of methoxy groups -OCH3 is 1. The molecule has 5 nitrogen and oxygen atoms in total. The Kier molecular flexibility index (Phi) is 6.60. The third-order valence-electron chi connectivity index (χ3n) is 3.63. The molecule has 0 saturated heterocycles. The van der Waals surface area contributed by atoms with E-state index in [-0.39, 0.29) is 5.57 Å². The van der Waals surface area contributed by atoms with Crippen LogP contribution in [0.25, 0.3) is 11.6 Å². The summed E-state index contributed by atoms with van der Waals surface area (Å²) in [7, 11) is 5.55. The van der Waals surface area contributed by atoms with Crippen LogP contribution in [0.5, 0.6) is 11.5 Å². The number of hydrogen-bond acceptors (Lipinski definition) is 4. The zero-order chi connectivity index (χ0) is 18.2. The summed E-state index contributed by atoms with van der Waals surface area (Å²) in [5, 5.41) is 9.51. The van der Waals surface area contributed by atoms with E-state index in [0.29, 0.717) is 17.9 Å². The summed E-state index contributed by atoms with van der Waals surface area (Å²) >= 11 is 0. The molecular formula is C20H23NO4. The molecule has 0 heterocycles. The van der Waals surface area contributed by atoms with Crippen LogP contribution < -0.4 is 9.47 Å². The second-order valence-electron chi connectivity index (χ2n) is 5.81. The van der Waals surface area contributed by atoms with E-state index in [2.05, 4.69) is 0 Å². The number of carboxylic acids is 1. The van der Waals surface area contributed by atoms with Crippen molar-refractivity contribution >= 4 is 17.6 Å². The van der Waals surface area contributed by atoms with E-state index < -0.39 is 5.97 Å². The fourth-order valence-corrected chi connectivity index (χ4v) is 2.21. The van der Waals surface area contributed by atoms with Gasteiger partial charge in [0, 0.05) is 6.54 Å². The Hall–Kier alpha value is -2.79. The number of ether oxygens (including phenoxy) is 2. The van der Waals surface area contributed by atoms with Gasteiger partial charge in [-0.05, 0) is 55.6 Å². The Morgan fingerprint density at radius 2 is 1.64 bits per heavy atom. The molecule has 25 heavy (non-hydrogen) atoms. The van der Waals surface area contributed by atoms with E-state index in [1.165, 1.54) is 0 Å². The van der Waals surface area contributed by atoms with Crippen LogP contribution in [0.2, 0.25) is 0 Å². The van der Waals surface area contributed by atoms with Gasteiger partial charge in [0.15, 0.2) is 0 Å². The molecule has 0 aromatic heterocycles. The lowest BCUT2D eigenvalue weighted by molar-refractivity contribution is -0.130. The number of likely N-dealkylation sites (N-methyl/N-ethyl adjacent to an activating group) is 1. The number of nitrogens with zero attached hydrogens (tertiary/aromatic N) is 1. The number of aliphatic carboxylic acids is 1. The first-order chi connectivity index (χ1) is 12.0. The summed E-state index contributed by atoms with van der Waals surface area (Å²) in [6, 6.07) is 14.3. The summed E-state index contributed by atoms with van der Waals surface area (Å²) in [6.45, 7) is 1.44. The van der Waals surface area contributed by atoms with E-state index in [1.54, 1.807) is 37.5 Å². The molecule has 0 saturated carbocycles. The van der Waals surface area contributed by atoms with E-state index in [9.17, 15) is 9.90 Å². The van der Waals surface area contributed by atoms with Gasteiger partial charge < -0.3 is 19.5 Å². The van der Waals surface area contributed by atoms with E-state index in [0.717, 1.165) is 17.9 Å². The predicted molar refractivity (Wildman–Crippen MR) is 99.0 cm³/mol.